The zero-order chi connectivity index (χ0) is 14.4. The minimum atomic E-state index is -0.738. The minimum Gasteiger partial charge on any atom is -0.497 e. The van der Waals surface area contributed by atoms with Crippen LogP contribution in [0, 0.1) is 16.6 Å². The summed E-state index contributed by atoms with van der Waals surface area (Å²) in [5.74, 6) is -0.525. The van der Waals surface area contributed by atoms with E-state index in [1.807, 2.05) is 0 Å². The number of benzene rings is 1. The largest absolute Gasteiger partial charge is 0.497 e. The van der Waals surface area contributed by atoms with E-state index in [0.717, 1.165) is 11.8 Å². The Bertz CT molecular complexity index is 494. The number of hydrogen-bond acceptors (Lipinski definition) is 6. The zero-order valence-corrected chi connectivity index (χ0v) is 11.4. The topological polar surface area (TPSA) is 86.4 Å². The summed E-state index contributed by atoms with van der Waals surface area (Å²) in [5.41, 5.74) is -0.301. The Balaban J connectivity index is 3.22. The summed E-state index contributed by atoms with van der Waals surface area (Å²) in [6, 6.07) is 2.68. The predicted molar refractivity (Wildman–Crippen MR) is 73.6 cm³/mol. The average molecular weight is 286 g/mol. The molecule has 104 valence electrons. The van der Waals surface area contributed by atoms with Crippen LogP contribution in [-0.4, -0.2) is 42.4 Å². The third-order valence-corrected chi connectivity index (χ3v) is 2.91. The number of ether oxygens (including phenoxy) is 2. The lowest BCUT2D eigenvalue weighted by Gasteiger charge is -2.12. The summed E-state index contributed by atoms with van der Waals surface area (Å²) in [6.07, 6.45) is 1.64. The van der Waals surface area contributed by atoms with Crippen molar-refractivity contribution in [2.45, 2.75) is 0 Å². The molecule has 0 spiro atoms. The quantitative estimate of drug-likeness (QED) is 0.551. The maximum absolute atomic E-state index is 14.2. The van der Waals surface area contributed by atoms with Crippen LogP contribution in [0.1, 0.15) is 5.56 Å². The Morgan fingerprint density at radius 1 is 1.42 bits per heavy atom. The highest BCUT2D eigenvalue weighted by Gasteiger charge is 2.18. The molecule has 0 aliphatic rings. The molecule has 1 rings (SSSR count). The Hall–Kier alpha value is -1.60. The van der Waals surface area contributed by atoms with Crippen molar-refractivity contribution in [2.75, 3.05) is 26.6 Å². The number of nitrogens with one attached hydrogen (secondary N) is 2. The first kappa shape index (κ1) is 15.5. The van der Waals surface area contributed by atoms with Gasteiger partial charge in [-0.1, -0.05) is 0 Å². The second kappa shape index (κ2) is 7.10. The molecule has 0 bridgehead atoms. The molecular formula is C12H15FN2O3S. The summed E-state index contributed by atoms with van der Waals surface area (Å²) in [5, 5.41) is 24.0. The van der Waals surface area contributed by atoms with Crippen molar-refractivity contribution in [2.24, 2.45) is 0 Å². The number of rotatable bonds is 6. The lowest BCUT2D eigenvalue weighted by molar-refractivity contribution is 0.196. The van der Waals surface area contributed by atoms with E-state index >= 15 is 0 Å². The smallest absolute Gasteiger partial charge is 0.174 e. The maximum Gasteiger partial charge on any atom is 0.174 e. The molecule has 19 heavy (non-hydrogen) atoms. The Kier molecular flexibility index (Phi) is 5.78. The van der Waals surface area contributed by atoms with Gasteiger partial charge in [-0.15, -0.1) is 11.8 Å². The first-order chi connectivity index (χ1) is 9.04. The second-order valence-corrected chi connectivity index (χ2v) is 4.28. The van der Waals surface area contributed by atoms with Crippen molar-refractivity contribution < 1.29 is 19.0 Å². The minimum absolute atomic E-state index is 0.0553. The second-order valence-electron chi connectivity index (χ2n) is 3.47. The van der Waals surface area contributed by atoms with Crippen molar-refractivity contribution in [1.82, 2.24) is 0 Å². The molecule has 0 atom stereocenters. The molecule has 0 heterocycles. The van der Waals surface area contributed by atoms with E-state index in [1.165, 1.54) is 19.2 Å². The lowest BCUT2D eigenvalue weighted by Crippen LogP contribution is -2.13. The van der Waals surface area contributed by atoms with Crippen LogP contribution >= 0.6 is 11.8 Å². The van der Waals surface area contributed by atoms with Gasteiger partial charge in [0.2, 0.25) is 0 Å². The number of hydrogen-bond donors (Lipinski definition) is 3. The van der Waals surface area contributed by atoms with Crippen LogP contribution in [0.4, 0.5) is 4.39 Å². The number of methoxy groups -OCH3 is 1. The van der Waals surface area contributed by atoms with Gasteiger partial charge < -0.3 is 14.6 Å². The molecule has 0 unspecified atom stereocenters. The van der Waals surface area contributed by atoms with Gasteiger partial charge >= 0.3 is 0 Å². The Morgan fingerprint density at radius 3 is 2.63 bits per heavy atom. The highest BCUT2D eigenvalue weighted by Crippen LogP contribution is 2.28. The molecule has 0 radical (unpaired) electrons. The number of aliphatic hydroxyl groups excluding tert-OH is 1. The molecule has 0 amide bonds. The molecule has 0 saturated heterocycles. The molecule has 5 nitrogen and oxygen atoms in total. The van der Waals surface area contributed by atoms with Crippen LogP contribution in [0.15, 0.2) is 12.1 Å². The van der Waals surface area contributed by atoms with Crippen LogP contribution < -0.4 is 9.47 Å². The Labute approximate surface area is 114 Å². The van der Waals surface area contributed by atoms with Crippen molar-refractivity contribution in [3.63, 3.8) is 0 Å². The fourth-order valence-electron chi connectivity index (χ4n) is 1.36. The summed E-state index contributed by atoms with van der Waals surface area (Å²) >= 11 is 1.04. The fourth-order valence-corrected chi connectivity index (χ4v) is 1.67. The third kappa shape index (κ3) is 3.68. The molecular weight excluding hydrogens is 271 g/mol. The first-order valence-corrected chi connectivity index (χ1v) is 6.60. The van der Waals surface area contributed by atoms with Crippen LogP contribution in [-0.2, 0) is 0 Å². The zero-order valence-electron chi connectivity index (χ0n) is 10.6. The predicted octanol–water partition coefficient (Wildman–Crippen LogP) is 1.91. The van der Waals surface area contributed by atoms with Crippen molar-refractivity contribution in [3.05, 3.63) is 23.5 Å². The fraction of sp³-hybridized carbons (Fsp3) is 0.333. The van der Waals surface area contributed by atoms with Gasteiger partial charge in [-0.25, -0.2) is 4.39 Å². The molecule has 3 N–H and O–H groups in total. The standard InChI is InChI=1S/C12H15FN2O3S/c1-17-7-5-8(11(14)12(15)19-2)10(13)9(6-7)18-4-3-16/h5-6,14-16H,3-4H2,1-2H3. The van der Waals surface area contributed by atoms with E-state index in [-0.39, 0.29) is 35.3 Å². The molecule has 0 aliphatic heterocycles. The van der Waals surface area contributed by atoms with E-state index in [1.54, 1.807) is 6.26 Å². The molecule has 0 aromatic heterocycles. The van der Waals surface area contributed by atoms with E-state index in [2.05, 4.69) is 0 Å². The summed E-state index contributed by atoms with van der Waals surface area (Å²) in [6.45, 7) is -0.305. The van der Waals surface area contributed by atoms with Crippen LogP contribution in [0.5, 0.6) is 11.5 Å². The summed E-state index contributed by atoms with van der Waals surface area (Å²) in [4.78, 5) is 0. The monoisotopic (exact) mass is 286 g/mol. The van der Waals surface area contributed by atoms with Crippen molar-refractivity contribution >= 4 is 22.5 Å². The van der Waals surface area contributed by atoms with Crippen LogP contribution in [0.25, 0.3) is 0 Å². The van der Waals surface area contributed by atoms with Gasteiger partial charge in [0.25, 0.3) is 0 Å². The van der Waals surface area contributed by atoms with E-state index in [4.69, 9.17) is 25.4 Å². The molecule has 7 heteroatoms. The summed E-state index contributed by atoms with van der Waals surface area (Å²) < 4.78 is 24.2. The molecule has 0 aliphatic carbocycles. The summed E-state index contributed by atoms with van der Waals surface area (Å²) in [7, 11) is 1.41. The lowest BCUT2D eigenvalue weighted by atomic mass is 10.1. The van der Waals surface area contributed by atoms with Gasteiger partial charge in [0.1, 0.15) is 17.4 Å². The normalized spacial score (nSPS) is 10.1. The highest BCUT2D eigenvalue weighted by atomic mass is 32.2. The number of aliphatic hydroxyl groups is 1. The van der Waals surface area contributed by atoms with Crippen molar-refractivity contribution in [3.8, 4) is 11.5 Å². The average Bonchev–Trinajstić information content (AvgIpc) is 2.44. The van der Waals surface area contributed by atoms with Gasteiger partial charge in [0, 0.05) is 11.6 Å². The Morgan fingerprint density at radius 2 is 2.11 bits per heavy atom. The van der Waals surface area contributed by atoms with E-state index in [9.17, 15) is 4.39 Å². The molecule has 0 fully saturated rings. The third-order valence-electron chi connectivity index (χ3n) is 2.30. The van der Waals surface area contributed by atoms with Gasteiger partial charge in [0.05, 0.1) is 19.4 Å². The van der Waals surface area contributed by atoms with Crippen molar-refractivity contribution in [1.29, 1.82) is 10.8 Å². The first-order valence-electron chi connectivity index (χ1n) is 5.38. The van der Waals surface area contributed by atoms with Crippen LogP contribution in [0.3, 0.4) is 0 Å². The number of thioether (sulfide) groups is 1. The van der Waals surface area contributed by atoms with Gasteiger partial charge in [-0.3, -0.25) is 10.8 Å². The van der Waals surface area contributed by atoms with Gasteiger partial charge in [-0.05, 0) is 12.3 Å². The van der Waals surface area contributed by atoms with Gasteiger partial charge in [-0.2, -0.15) is 0 Å². The molecule has 1 aromatic rings. The van der Waals surface area contributed by atoms with Gasteiger partial charge in [0.15, 0.2) is 11.6 Å². The highest BCUT2D eigenvalue weighted by molar-refractivity contribution is 8.15. The van der Waals surface area contributed by atoms with Crippen LogP contribution in [0.2, 0.25) is 0 Å². The van der Waals surface area contributed by atoms with E-state index in [0.29, 0.717) is 5.75 Å². The SMILES string of the molecule is COc1cc(OCCO)c(F)c(C(=N)C(=N)SC)c1. The number of halogens is 1. The van der Waals surface area contributed by atoms with E-state index < -0.39 is 5.82 Å². The maximum atomic E-state index is 14.2. The molecule has 0 saturated carbocycles. The molecule has 1 aromatic carbocycles.